The van der Waals surface area contributed by atoms with E-state index in [0.717, 1.165) is 5.70 Å². The lowest BCUT2D eigenvalue weighted by atomic mass is 10.2. The van der Waals surface area contributed by atoms with E-state index in [9.17, 15) is 9.59 Å². The van der Waals surface area contributed by atoms with Crippen LogP contribution < -0.4 is 5.43 Å². The van der Waals surface area contributed by atoms with Crippen molar-refractivity contribution in [2.24, 2.45) is 5.92 Å². The minimum absolute atomic E-state index is 0.259. The zero-order chi connectivity index (χ0) is 18.5. The first-order chi connectivity index (χ1) is 11.1. The molecule has 0 aliphatic carbocycles. The molecule has 0 saturated carbocycles. The fourth-order valence-corrected chi connectivity index (χ4v) is 2.43. The third-order valence-corrected chi connectivity index (χ3v) is 3.66. The quantitative estimate of drug-likeness (QED) is 0.724. The van der Waals surface area contributed by atoms with Crippen LogP contribution >= 0.6 is 11.8 Å². The number of thioether (sulfide) groups is 1. The van der Waals surface area contributed by atoms with Gasteiger partial charge in [0.25, 0.3) is 0 Å². The van der Waals surface area contributed by atoms with Crippen LogP contribution in [0.1, 0.15) is 13.8 Å². The second-order valence-electron chi connectivity index (χ2n) is 6.37. The van der Waals surface area contributed by atoms with E-state index in [0.29, 0.717) is 12.3 Å². The Morgan fingerprint density at radius 2 is 1.71 bits per heavy atom. The van der Waals surface area contributed by atoms with Gasteiger partial charge in [-0.3, -0.25) is 0 Å². The molecule has 9 heteroatoms. The Kier molecular flexibility index (Phi) is 7.22. The summed E-state index contributed by atoms with van der Waals surface area (Å²) in [5.41, 5.74) is 4.01. The molecule has 0 radical (unpaired) electrons. The Morgan fingerprint density at radius 1 is 1.21 bits per heavy atom. The molecule has 0 saturated heterocycles. The van der Waals surface area contributed by atoms with Crippen LogP contribution in [0.15, 0.2) is 11.8 Å². The largest absolute Gasteiger partial charge is 0.413 e. The van der Waals surface area contributed by atoms with Gasteiger partial charge < -0.3 is 24.7 Å². The molecule has 0 aromatic rings. The van der Waals surface area contributed by atoms with Gasteiger partial charge in [-0.2, -0.15) is 11.8 Å². The van der Waals surface area contributed by atoms with Gasteiger partial charge in [-0.1, -0.05) is 13.8 Å². The van der Waals surface area contributed by atoms with Gasteiger partial charge in [0.2, 0.25) is 0 Å². The van der Waals surface area contributed by atoms with Crippen molar-refractivity contribution in [3.63, 3.8) is 0 Å². The number of nitrogens with zero attached hydrogens (tertiary/aromatic N) is 3. The molecule has 138 valence electrons. The van der Waals surface area contributed by atoms with Gasteiger partial charge in [0.15, 0.2) is 0 Å². The van der Waals surface area contributed by atoms with Crippen molar-refractivity contribution in [1.82, 2.24) is 20.2 Å². The highest BCUT2D eigenvalue weighted by Crippen LogP contribution is 2.30. The van der Waals surface area contributed by atoms with Crippen LogP contribution in [0.4, 0.5) is 9.59 Å². The summed E-state index contributed by atoms with van der Waals surface area (Å²) < 4.78 is 11.1. The van der Waals surface area contributed by atoms with Gasteiger partial charge in [0.05, 0.1) is 0 Å². The SMILES string of the molecule is CSCC1=CC(OC(=O)N(C)C)(OC(=O)N(C)C)N(CC(C)C)N1. The first kappa shape index (κ1) is 20.4. The first-order valence-electron chi connectivity index (χ1n) is 7.67. The van der Waals surface area contributed by atoms with Crippen molar-refractivity contribution in [1.29, 1.82) is 0 Å². The van der Waals surface area contributed by atoms with E-state index in [-0.39, 0.29) is 5.92 Å². The van der Waals surface area contributed by atoms with Gasteiger partial charge in [0, 0.05) is 52.3 Å². The molecule has 0 atom stereocenters. The van der Waals surface area contributed by atoms with E-state index in [1.807, 2.05) is 20.1 Å². The minimum Gasteiger partial charge on any atom is -0.386 e. The van der Waals surface area contributed by atoms with Gasteiger partial charge in [-0.05, 0) is 12.2 Å². The predicted molar refractivity (Wildman–Crippen MR) is 94.2 cm³/mol. The summed E-state index contributed by atoms with van der Waals surface area (Å²) in [5, 5.41) is 1.64. The Balaban J connectivity index is 3.21. The van der Waals surface area contributed by atoms with Crippen LogP contribution in [0, 0.1) is 5.92 Å². The molecule has 1 N–H and O–H groups in total. The lowest BCUT2D eigenvalue weighted by Crippen LogP contribution is -2.57. The first-order valence-corrected chi connectivity index (χ1v) is 9.06. The van der Waals surface area contributed by atoms with E-state index in [4.69, 9.17) is 9.47 Å². The van der Waals surface area contributed by atoms with E-state index in [1.165, 1.54) is 9.80 Å². The molecule has 8 nitrogen and oxygen atoms in total. The maximum Gasteiger partial charge on any atom is 0.413 e. The Hall–Kier alpha value is -1.61. The molecular weight excluding hydrogens is 332 g/mol. The molecule has 0 unspecified atom stereocenters. The number of amides is 2. The summed E-state index contributed by atoms with van der Waals surface area (Å²) in [6, 6.07) is 0. The smallest absolute Gasteiger partial charge is 0.386 e. The van der Waals surface area contributed by atoms with Crippen molar-refractivity contribution in [3.05, 3.63) is 11.8 Å². The van der Waals surface area contributed by atoms with E-state index < -0.39 is 18.1 Å². The van der Waals surface area contributed by atoms with Crippen LogP contribution in [0.5, 0.6) is 0 Å². The van der Waals surface area contributed by atoms with Gasteiger partial charge in [0.1, 0.15) is 0 Å². The molecule has 1 aliphatic rings. The normalized spacial score (nSPS) is 16.4. The fraction of sp³-hybridized carbons (Fsp3) is 0.733. The summed E-state index contributed by atoms with van der Waals surface area (Å²) in [4.78, 5) is 26.9. The highest BCUT2D eigenvalue weighted by Gasteiger charge is 2.49. The van der Waals surface area contributed by atoms with E-state index in [1.54, 1.807) is 51.0 Å². The zero-order valence-corrected chi connectivity index (χ0v) is 16.3. The van der Waals surface area contributed by atoms with E-state index in [2.05, 4.69) is 5.43 Å². The van der Waals surface area contributed by atoms with Gasteiger partial charge in [-0.15, -0.1) is 5.01 Å². The molecule has 24 heavy (non-hydrogen) atoms. The highest BCUT2D eigenvalue weighted by atomic mass is 32.2. The number of carbonyl (C=O) groups is 2. The summed E-state index contributed by atoms with van der Waals surface area (Å²) in [7, 11) is 6.30. The lowest BCUT2D eigenvalue weighted by molar-refractivity contribution is -0.235. The third-order valence-electron chi connectivity index (χ3n) is 3.06. The van der Waals surface area contributed by atoms with Crippen molar-refractivity contribution >= 4 is 23.9 Å². The second-order valence-corrected chi connectivity index (χ2v) is 7.24. The van der Waals surface area contributed by atoms with Crippen molar-refractivity contribution in [2.75, 3.05) is 46.7 Å². The predicted octanol–water partition coefficient (Wildman–Crippen LogP) is 1.76. The topological polar surface area (TPSA) is 74.3 Å². The molecule has 0 fully saturated rings. The number of carbonyl (C=O) groups excluding carboxylic acids is 2. The van der Waals surface area contributed by atoms with Crippen molar-refractivity contribution in [2.45, 2.75) is 19.8 Å². The molecule has 0 aromatic carbocycles. The third kappa shape index (κ3) is 5.20. The number of rotatable bonds is 6. The summed E-state index contributed by atoms with van der Waals surface area (Å²) in [5.74, 6) is -0.678. The van der Waals surface area contributed by atoms with Crippen LogP contribution in [-0.4, -0.2) is 79.7 Å². The number of ether oxygens (including phenoxy) is 2. The lowest BCUT2D eigenvalue weighted by Gasteiger charge is -2.37. The molecular formula is C15H28N4O4S. The molecule has 1 aliphatic heterocycles. The van der Waals surface area contributed by atoms with Crippen LogP contribution in [0.2, 0.25) is 0 Å². The molecule has 1 rings (SSSR count). The zero-order valence-electron chi connectivity index (χ0n) is 15.5. The summed E-state index contributed by atoms with van der Waals surface area (Å²) in [6.07, 6.45) is 2.42. The molecule has 0 bridgehead atoms. The molecule has 2 amide bonds. The Bertz CT molecular complexity index is 472. The standard InChI is InChI=1S/C15H28N4O4S/c1-11(2)9-19-15(22-13(20)17(3)4,23-14(21)18(5)6)8-12(16-19)10-24-7/h8,11,16H,9-10H2,1-7H3. The van der Waals surface area contributed by atoms with E-state index >= 15 is 0 Å². The highest BCUT2D eigenvalue weighted by molar-refractivity contribution is 7.98. The Labute approximate surface area is 148 Å². The monoisotopic (exact) mass is 360 g/mol. The van der Waals surface area contributed by atoms with Crippen LogP contribution in [0.3, 0.4) is 0 Å². The molecule has 0 spiro atoms. The van der Waals surface area contributed by atoms with Crippen molar-refractivity contribution in [3.8, 4) is 0 Å². The van der Waals surface area contributed by atoms with Crippen molar-refractivity contribution < 1.29 is 19.1 Å². The summed E-state index contributed by atoms with van der Waals surface area (Å²) in [6.45, 7) is 4.58. The number of nitrogens with one attached hydrogen (secondary N) is 1. The van der Waals surface area contributed by atoms with Crippen LogP contribution in [0.25, 0.3) is 0 Å². The number of hydrogen-bond acceptors (Lipinski definition) is 7. The van der Waals surface area contributed by atoms with Crippen LogP contribution in [-0.2, 0) is 9.47 Å². The minimum atomic E-state index is -1.61. The maximum atomic E-state index is 12.2. The average Bonchev–Trinajstić information content (AvgIpc) is 2.75. The fourth-order valence-electron chi connectivity index (χ4n) is 1.97. The maximum absolute atomic E-state index is 12.2. The average molecular weight is 360 g/mol. The summed E-state index contributed by atoms with van der Waals surface area (Å²) >= 11 is 1.61. The van der Waals surface area contributed by atoms with Gasteiger partial charge in [-0.25, -0.2) is 9.59 Å². The number of hydrogen-bond donors (Lipinski definition) is 1. The molecule has 0 aromatic heterocycles. The second kappa shape index (κ2) is 8.48. The van der Waals surface area contributed by atoms with Gasteiger partial charge >= 0.3 is 18.1 Å². The number of hydrazine groups is 1. The molecule has 1 heterocycles. The Morgan fingerprint density at radius 3 is 2.08 bits per heavy atom.